The number of amides is 1. The van der Waals surface area contributed by atoms with Crippen molar-refractivity contribution in [2.75, 3.05) is 0 Å². The van der Waals surface area contributed by atoms with Gasteiger partial charge in [-0.15, -0.1) is 0 Å². The van der Waals surface area contributed by atoms with Gasteiger partial charge in [-0.1, -0.05) is 19.1 Å². The molecule has 0 aliphatic heterocycles. The lowest BCUT2D eigenvalue weighted by Gasteiger charge is -2.11. The predicted molar refractivity (Wildman–Crippen MR) is 58.0 cm³/mol. The Hall–Kier alpha value is -1.38. The van der Waals surface area contributed by atoms with Crippen LogP contribution in [-0.2, 0) is 11.2 Å². The Labute approximate surface area is 89.5 Å². The highest BCUT2D eigenvalue weighted by atomic mass is 19.1. The van der Waals surface area contributed by atoms with Gasteiger partial charge in [0.05, 0.1) is 6.42 Å². The first-order valence-electron chi connectivity index (χ1n) is 5.15. The van der Waals surface area contributed by atoms with Crippen LogP contribution in [0.25, 0.3) is 0 Å². The van der Waals surface area contributed by atoms with E-state index in [1.165, 1.54) is 12.1 Å². The van der Waals surface area contributed by atoms with Crippen LogP contribution in [-0.4, -0.2) is 11.9 Å². The number of halogens is 1. The van der Waals surface area contributed by atoms with Gasteiger partial charge < -0.3 is 5.32 Å². The maximum Gasteiger partial charge on any atom is 0.224 e. The fraction of sp³-hybridized carbons (Fsp3) is 0.417. The Bertz CT molecular complexity index is 338. The van der Waals surface area contributed by atoms with Crippen LogP contribution >= 0.6 is 0 Å². The van der Waals surface area contributed by atoms with Crippen molar-refractivity contribution in [1.29, 1.82) is 0 Å². The molecule has 1 aromatic rings. The van der Waals surface area contributed by atoms with Gasteiger partial charge >= 0.3 is 0 Å². The highest BCUT2D eigenvalue weighted by molar-refractivity contribution is 5.78. The van der Waals surface area contributed by atoms with Gasteiger partial charge in [0.2, 0.25) is 5.91 Å². The first-order chi connectivity index (χ1) is 7.11. The molecule has 3 heteroatoms. The van der Waals surface area contributed by atoms with Crippen molar-refractivity contribution in [2.45, 2.75) is 32.7 Å². The lowest BCUT2D eigenvalue weighted by molar-refractivity contribution is -0.121. The smallest absolute Gasteiger partial charge is 0.224 e. The molecule has 1 amide bonds. The van der Waals surface area contributed by atoms with Crippen molar-refractivity contribution < 1.29 is 9.18 Å². The zero-order valence-electron chi connectivity index (χ0n) is 9.09. The summed E-state index contributed by atoms with van der Waals surface area (Å²) >= 11 is 0. The molecule has 0 saturated carbocycles. The van der Waals surface area contributed by atoms with Gasteiger partial charge in [-0.05, 0) is 31.0 Å². The summed E-state index contributed by atoms with van der Waals surface area (Å²) in [5.41, 5.74) is 0.704. The molecular weight excluding hydrogens is 193 g/mol. The zero-order chi connectivity index (χ0) is 11.3. The molecule has 0 aliphatic carbocycles. The first-order valence-corrected chi connectivity index (χ1v) is 5.15. The quantitative estimate of drug-likeness (QED) is 0.809. The molecule has 15 heavy (non-hydrogen) atoms. The highest BCUT2D eigenvalue weighted by Gasteiger charge is 2.06. The van der Waals surface area contributed by atoms with Crippen LogP contribution in [0.15, 0.2) is 24.3 Å². The average molecular weight is 209 g/mol. The van der Waals surface area contributed by atoms with Crippen LogP contribution in [0, 0.1) is 5.82 Å². The Morgan fingerprint density at radius 1 is 1.53 bits per heavy atom. The minimum absolute atomic E-state index is 0.0602. The molecular formula is C12H16FNO. The Kier molecular flexibility index (Phi) is 4.28. The molecule has 1 aromatic carbocycles. The number of hydrogen-bond donors (Lipinski definition) is 1. The minimum Gasteiger partial charge on any atom is -0.353 e. The van der Waals surface area contributed by atoms with Crippen molar-refractivity contribution in [3.05, 3.63) is 35.6 Å². The molecule has 82 valence electrons. The Balaban J connectivity index is 2.51. The van der Waals surface area contributed by atoms with Crippen LogP contribution in [0.3, 0.4) is 0 Å². The van der Waals surface area contributed by atoms with Crippen LogP contribution in [0.2, 0.25) is 0 Å². The lowest BCUT2D eigenvalue weighted by atomic mass is 10.1. The van der Waals surface area contributed by atoms with Crippen molar-refractivity contribution >= 4 is 5.91 Å². The molecule has 1 rings (SSSR count). The maximum atomic E-state index is 12.8. The maximum absolute atomic E-state index is 12.8. The number of carbonyl (C=O) groups is 1. The summed E-state index contributed by atoms with van der Waals surface area (Å²) in [7, 11) is 0. The predicted octanol–water partition coefficient (Wildman–Crippen LogP) is 2.28. The van der Waals surface area contributed by atoms with E-state index in [0.29, 0.717) is 5.56 Å². The van der Waals surface area contributed by atoms with E-state index >= 15 is 0 Å². The van der Waals surface area contributed by atoms with E-state index in [4.69, 9.17) is 0 Å². The van der Waals surface area contributed by atoms with Crippen LogP contribution in [0.1, 0.15) is 25.8 Å². The van der Waals surface area contributed by atoms with Crippen LogP contribution in [0.5, 0.6) is 0 Å². The summed E-state index contributed by atoms with van der Waals surface area (Å²) in [6.45, 7) is 3.95. The third-order valence-corrected chi connectivity index (χ3v) is 2.27. The molecule has 0 aliphatic rings. The molecule has 0 aromatic heterocycles. The van der Waals surface area contributed by atoms with E-state index in [-0.39, 0.29) is 24.2 Å². The van der Waals surface area contributed by atoms with Crippen LogP contribution in [0.4, 0.5) is 4.39 Å². The number of benzene rings is 1. The monoisotopic (exact) mass is 209 g/mol. The van der Waals surface area contributed by atoms with Gasteiger partial charge in [-0.3, -0.25) is 4.79 Å². The second kappa shape index (κ2) is 5.49. The number of hydrogen-bond acceptors (Lipinski definition) is 1. The summed E-state index contributed by atoms with van der Waals surface area (Å²) in [6, 6.07) is 6.29. The molecule has 1 unspecified atom stereocenters. The second-order valence-corrected chi connectivity index (χ2v) is 3.68. The third kappa shape index (κ3) is 4.11. The van der Waals surface area contributed by atoms with Gasteiger partial charge in [-0.2, -0.15) is 0 Å². The van der Waals surface area contributed by atoms with E-state index in [1.54, 1.807) is 12.1 Å². The van der Waals surface area contributed by atoms with Crippen molar-refractivity contribution in [3.8, 4) is 0 Å². The van der Waals surface area contributed by atoms with Crippen molar-refractivity contribution in [2.24, 2.45) is 0 Å². The van der Waals surface area contributed by atoms with Gasteiger partial charge in [-0.25, -0.2) is 4.39 Å². The van der Waals surface area contributed by atoms with E-state index in [0.717, 1.165) is 6.42 Å². The zero-order valence-corrected chi connectivity index (χ0v) is 9.09. The summed E-state index contributed by atoms with van der Waals surface area (Å²) < 4.78 is 12.8. The Morgan fingerprint density at radius 3 is 2.87 bits per heavy atom. The van der Waals surface area contributed by atoms with Gasteiger partial charge in [0.1, 0.15) is 5.82 Å². The highest BCUT2D eigenvalue weighted by Crippen LogP contribution is 2.04. The van der Waals surface area contributed by atoms with Crippen molar-refractivity contribution in [1.82, 2.24) is 5.32 Å². The van der Waals surface area contributed by atoms with Gasteiger partial charge in [0.25, 0.3) is 0 Å². The molecule has 2 nitrogen and oxygen atoms in total. The molecule has 0 bridgehead atoms. The fourth-order valence-electron chi connectivity index (χ4n) is 1.26. The summed E-state index contributed by atoms with van der Waals surface area (Å²) in [6.07, 6.45) is 1.14. The van der Waals surface area contributed by atoms with E-state index in [2.05, 4.69) is 5.32 Å². The topological polar surface area (TPSA) is 29.1 Å². The number of rotatable bonds is 4. The van der Waals surface area contributed by atoms with E-state index < -0.39 is 0 Å². The van der Waals surface area contributed by atoms with Gasteiger partial charge in [0, 0.05) is 6.04 Å². The molecule has 0 saturated heterocycles. The van der Waals surface area contributed by atoms with E-state index in [1.807, 2.05) is 13.8 Å². The molecule has 0 radical (unpaired) electrons. The third-order valence-electron chi connectivity index (χ3n) is 2.27. The molecule has 1 atom stereocenters. The average Bonchev–Trinajstić information content (AvgIpc) is 2.17. The summed E-state index contributed by atoms with van der Waals surface area (Å²) in [4.78, 5) is 11.5. The van der Waals surface area contributed by atoms with Crippen molar-refractivity contribution in [3.63, 3.8) is 0 Å². The molecule has 0 fully saturated rings. The summed E-state index contributed by atoms with van der Waals surface area (Å²) in [5.74, 6) is -0.362. The number of nitrogens with one attached hydrogen (secondary N) is 1. The van der Waals surface area contributed by atoms with Crippen LogP contribution < -0.4 is 5.32 Å². The Morgan fingerprint density at radius 2 is 2.27 bits per heavy atom. The lowest BCUT2D eigenvalue weighted by Crippen LogP contribution is -2.33. The largest absolute Gasteiger partial charge is 0.353 e. The normalized spacial score (nSPS) is 12.2. The van der Waals surface area contributed by atoms with Gasteiger partial charge in [0.15, 0.2) is 0 Å². The summed E-state index contributed by atoms with van der Waals surface area (Å²) in [5, 5.41) is 2.84. The molecule has 0 heterocycles. The molecule has 1 N–H and O–H groups in total. The second-order valence-electron chi connectivity index (χ2n) is 3.68. The minimum atomic E-state index is -0.302. The standard InChI is InChI=1S/C12H16FNO/c1-3-9(2)14-12(15)8-10-5-4-6-11(13)7-10/h4-7,9H,3,8H2,1-2H3,(H,14,15). The fourth-order valence-corrected chi connectivity index (χ4v) is 1.26. The molecule has 0 spiro atoms. The first kappa shape index (κ1) is 11.7. The SMILES string of the molecule is CCC(C)NC(=O)Cc1cccc(F)c1. The number of carbonyl (C=O) groups excluding carboxylic acids is 1. The van der Waals surface area contributed by atoms with E-state index in [9.17, 15) is 9.18 Å².